The largest absolute Gasteiger partial charge is 0.336 e. The van der Waals surface area contributed by atoms with Crippen molar-refractivity contribution in [2.24, 2.45) is 11.3 Å². The molecule has 3 rings (SSSR count). The second kappa shape index (κ2) is 7.85. The van der Waals surface area contributed by atoms with Crippen molar-refractivity contribution in [3.05, 3.63) is 28.7 Å². The second-order valence-electron chi connectivity index (χ2n) is 6.59. The number of anilines is 1. The first-order chi connectivity index (χ1) is 11.0. The minimum atomic E-state index is -0.173. The Bertz CT molecular complexity index is 620. The van der Waals surface area contributed by atoms with Crippen molar-refractivity contribution >= 4 is 45.8 Å². The van der Waals surface area contributed by atoms with E-state index >= 15 is 0 Å². The SMILES string of the molecule is CN(CC(=O)Nc1ccccc1Br)C(=O)C1CC12CCNCC2.Cl. The molecule has 1 heterocycles. The zero-order valence-corrected chi connectivity index (χ0v) is 16.1. The predicted molar refractivity (Wildman–Crippen MR) is 100 cm³/mol. The Morgan fingerprint density at radius 1 is 1.33 bits per heavy atom. The normalized spacial score (nSPS) is 20.8. The number of carbonyl (C=O) groups is 2. The van der Waals surface area contributed by atoms with E-state index in [4.69, 9.17) is 0 Å². The van der Waals surface area contributed by atoms with Gasteiger partial charge in [0.05, 0.1) is 12.2 Å². The molecule has 2 fully saturated rings. The maximum Gasteiger partial charge on any atom is 0.244 e. The van der Waals surface area contributed by atoms with Crippen LogP contribution in [0.1, 0.15) is 19.3 Å². The molecule has 1 saturated carbocycles. The molecular formula is C17H23BrClN3O2. The van der Waals surface area contributed by atoms with Crippen LogP contribution in [0.4, 0.5) is 5.69 Å². The van der Waals surface area contributed by atoms with Gasteiger partial charge in [-0.25, -0.2) is 0 Å². The number of piperidine rings is 1. The molecular weight excluding hydrogens is 394 g/mol. The van der Waals surface area contributed by atoms with Crippen molar-refractivity contribution in [3.63, 3.8) is 0 Å². The van der Waals surface area contributed by atoms with Crippen LogP contribution >= 0.6 is 28.3 Å². The lowest BCUT2D eigenvalue weighted by Crippen LogP contribution is -2.38. The third-order valence-electron chi connectivity index (χ3n) is 4.99. The number of para-hydroxylation sites is 1. The topological polar surface area (TPSA) is 61.4 Å². The minimum absolute atomic E-state index is 0. The van der Waals surface area contributed by atoms with Gasteiger partial charge in [0.2, 0.25) is 11.8 Å². The van der Waals surface area contributed by atoms with E-state index in [9.17, 15) is 9.59 Å². The Balaban J connectivity index is 0.00000208. The molecule has 0 radical (unpaired) electrons. The number of halogens is 2. The third kappa shape index (κ3) is 4.10. The van der Waals surface area contributed by atoms with Gasteiger partial charge >= 0.3 is 0 Å². The molecule has 2 aliphatic rings. The lowest BCUT2D eigenvalue weighted by atomic mass is 9.91. The van der Waals surface area contributed by atoms with Gasteiger partial charge in [-0.1, -0.05) is 12.1 Å². The Kier molecular flexibility index (Phi) is 6.28. The van der Waals surface area contributed by atoms with Gasteiger partial charge in [-0.05, 0) is 65.8 Å². The second-order valence-corrected chi connectivity index (χ2v) is 7.45. The van der Waals surface area contributed by atoms with E-state index < -0.39 is 0 Å². The number of hydrogen-bond donors (Lipinski definition) is 2. The number of rotatable bonds is 4. The molecule has 1 unspecified atom stereocenters. The number of hydrogen-bond acceptors (Lipinski definition) is 3. The molecule has 24 heavy (non-hydrogen) atoms. The van der Waals surface area contributed by atoms with Crippen molar-refractivity contribution in [2.75, 3.05) is 32.0 Å². The summed E-state index contributed by atoms with van der Waals surface area (Å²) in [5.41, 5.74) is 0.926. The Labute approximate surface area is 157 Å². The monoisotopic (exact) mass is 415 g/mol. The van der Waals surface area contributed by atoms with Crippen molar-refractivity contribution in [1.29, 1.82) is 0 Å². The van der Waals surface area contributed by atoms with E-state index in [-0.39, 0.29) is 42.1 Å². The molecule has 1 spiro atoms. The summed E-state index contributed by atoms with van der Waals surface area (Å²) >= 11 is 3.40. The first-order valence-electron chi connectivity index (χ1n) is 8.02. The molecule has 1 aromatic rings. The fourth-order valence-electron chi connectivity index (χ4n) is 3.49. The summed E-state index contributed by atoms with van der Waals surface area (Å²) in [6.07, 6.45) is 3.12. The predicted octanol–water partition coefficient (Wildman–Crippen LogP) is 2.66. The van der Waals surface area contributed by atoms with Gasteiger partial charge in [0.25, 0.3) is 0 Å². The van der Waals surface area contributed by atoms with E-state index in [1.165, 1.54) is 0 Å². The Hall–Kier alpha value is -1.11. The number of amides is 2. The summed E-state index contributed by atoms with van der Waals surface area (Å²) < 4.78 is 0.832. The number of benzene rings is 1. The molecule has 2 amide bonds. The average Bonchev–Trinajstić information content (AvgIpc) is 3.22. The van der Waals surface area contributed by atoms with Crippen molar-refractivity contribution in [3.8, 4) is 0 Å². The molecule has 7 heteroatoms. The average molecular weight is 417 g/mol. The van der Waals surface area contributed by atoms with E-state index in [1.807, 2.05) is 24.3 Å². The fraction of sp³-hybridized carbons (Fsp3) is 0.529. The van der Waals surface area contributed by atoms with Gasteiger partial charge in [-0.2, -0.15) is 0 Å². The van der Waals surface area contributed by atoms with E-state index in [0.717, 1.165) is 42.5 Å². The quantitative estimate of drug-likeness (QED) is 0.793. The molecule has 2 N–H and O–H groups in total. The highest BCUT2D eigenvalue weighted by Crippen LogP contribution is 2.59. The van der Waals surface area contributed by atoms with Crippen LogP contribution in [0.3, 0.4) is 0 Å². The number of nitrogens with one attached hydrogen (secondary N) is 2. The van der Waals surface area contributed by atoms with Gasteiger partial charge in [0.1, 0.15) is 0 Å². The van der Waals surface area contributed by atoms with Crippen molar-refractivity contribution in [2.45, 2.75) is 19.3 Å². The fourth-order valence-corrected chi connectivity index (χ4v) is 3.87. The summed E-state index contributed by atoms with van der Waals surface area (Å²) in [6, 6.07) is 7.45. The summed E-state index contributed by atoms with van der Waals surface area (Å²) in [6.45, 7) is 2.08. The molecule has 0 bridgehead atoms. The maximum atomic E-state index is 12.5. The maximum absolute atomic E-state index is 12.5. The molecule has 1 aliphatic carbocycles. The number of likely N-dealkylation sites (N-methyl/N-ethyl adjacent to an activating group) is 1. The van der Waals surface area contributed by atoms with E-state index in [1.54, 1.807) is 11.9 Å². The molecule has 1 atom stereocenters. The van der Waals surface area contributed by atoms with Gasteiger partial charge in [-0.15, -0.1) is 12.4 Å². The molecule has 0 aromatic heterocycles. The van der Waals surface area contributed by atoms with Crippen LogP contribution < -0.4 is 10.6 Å². The standard InChI is InChI=1S/C17H22BrN3O2.ClH/c1-21(11-15(22)20-14-5-3-2-4-13(14)18)16(23)12-10-17(12)6-8-19-9-7-17;/h2-5,12,19H,6-11H2,1H3,(H,20,22);1H. The zero-order valence-electron chi connectivity index (χ0n) is 13.7. The van der Waals surface area contributed by atoms with Crippen LogP contribution in [0.25, 0.3) is 0 Å². The van der Waals surface area contributed by atoms with Crippen LogP contribution in [-0.2, 0) is 9.59 Å². The molecule has 1 aliphatic heterocycles. The van der Waals surface area contributed by atoms with Crippen LogP contribution in [0.5, 0.6) is 0 Å². The molecule has 1 saturated heterocycles. The summed E-state index contributed by atoms with van der Waals surface area (Å²) in [7, 11) is 1.72. The Morgan fingerprint density at radius 3 is 2.67 bits per heavy atom. The highest BCUT2D eigenvalue weighted by atomic mass is 79.9. The summed E-state index contributed by atoms with van der Waals surface area (Å²) in [5, 5.41) is 6.18. The summed E-state index contributed by atoms with van der Waals surface area (Å²) in [4.78, 5) is 26.3. The van der Waals surface area contributed by atoms with E-state index in [2.05, 4.69) is 26.6 Å². The lowest BCUT2D eigenvalue weighted by molar-refractivity contribution is -0.135. The van der Waals surface area contributed by atoms with Crippen LogP contribution in [0, 0.1) is 11.3 Å². The van der Waals surface area contributed by atoms with Gasteiger partial charge in [0.15, 0.2) is 0 Å². The molecule has 5 nitrogen and oxygen atoms in total. The number of carbonyl (C=O) groups excluding carboxylic acids is 2. The smallest absolute Gasteiger partial charge is 0.244 e. The van der Waals surface area contributed by atoms with Crippen molar-refractivity contribution in [1.82, 2.24) is 10.2 Å². The van der Waals surface area contributed by atoms with Gasteiger partial charge in [0, 0.05) is 17.4 Å². The van der Waals surface area contributed by atoms with Gasteiger partial charge in [-0.3, -0.25) is 9.59 Å². The van der Waals surface area contributed by atoms with Gasteiger partial charge < -0.3 is 15.5 Å². The summed E-state index contributed by atoms with van der Waals surface area (Å²) in [5.74, 6) is 0.0350. The van der Waals surface area contributed by atoms with Crippen LogP contribution in [-0.4, -0.2) is 43.4 Å². The first-order valence-corrected chi connectivity index (χ1v) is 8.81. The molecule has 1 aromatic carbocycles. The Morgan fingerprint density at radius 2 is 2.00 bits per heavy atom. The van der Waals surface area contributed by atoms with Crippen LogP contribution in [0.2, 0.25) is 0 Å². The first kappa shape index (κ1) is 19.2. The third-order valence-corrected chi connectivity index (χ3v) is 5.68. The lowest BCUT2D eigenvalue weighted by Gasteiger charge is -2.25. The highest BCUT2D eigenvalue weighted by Gasteiger charge is 2.58. The minimum Gasteiger partial charge on any atom is -0.336 e. The van der Waals surface area contributed by atoms with E-state index in [0.29, 0.717) is 0 Å². The highest BCUT2D eigenvalue weighted by molar-refractivity contribution is 9.10. The van der Waals surface area contributed by atoms with Crippen LogP contribution in [0.15, 0.2) is 28.7 Å². The molecule has 132 valence electrons. The van der Waals surface area contributed by atoms with Crippen molar-refractivity contribution < 1.29 is 9.59 Å². The zero-order chi connectivity index (χ0) is 16.4. The number of nitrogens with zero attached hydrogens (tertiary/aromatic N) is 1.